The van der Waals surface area contributed by atoms with Crippen LogP contribution in [0.3, 0.4) is 0 Å². The summed E-state index contributed by atoms with van der Waals surface area (Å²) in [4.78, 5) is 24.5. The summed E-state index contributed by atoms with van der Waals surface area (Å²) < 4.78 is 10.6. The smallest absolute Gasteiger partial charge is 0.306 e. The van der Waals surface area contributed by atoms with E-state index < -0.39 is 6.10 Å². The highest BCUT2D eigenvalue weighted by atomic mass is 16.6. The molecule has 1 N–H and O–H groups in total. The molecule has 0 spiro atoms. The van der Waals surface area contributed by atoms with E-state index in [1.807, 2.05) is 0 Å². The van der Waals surface area contributed by atoms with Crippen LogP contribution in [0.5, 0.6) is 0 Å². The molecular formula is C65H96O5. The van der Waals surface area contributed by atoms with Crippen LogP contribution in [0.15, 0.2) is 194 Å². The fraction of sp³-hybridized carbons (Fsp3) is 0.477. The van der Waals surface area contributed by atoms with E-state index in [1.165, 1.54) is 0 Å². The number of hydrogen-bond donors (Lipinski definition) is 1. The lowest BCUT2D eigenvalue weighted by Crippen LogP contribution is -2.28. The molecule has 1 unspecified atom stereocenters. The van der Waals surface area contributed by atoms with Crippen molar-refractivity contribution in [3.05, 3.63) is 194 Å². The molecule has 0 radical (unpaired) electrons. The normalized spacial score (nSPS) is 13.8. The molecule has 0 fully saturated rings. The number of allylic oxidation sites excluding steroid dienone is 32. The number of carbonyl (C=O) groups excluding carboxylic acids is 2. The molecule has 0 rings (SSSR count). The average molecular weight is 957 g/mol. The first-order valence-corrected chi connectivity index (χ1v) is 27.0. The lowest BCUT2D eigenvalue weighted by molar-refractivity contribution is -0.161. The number of aliphatic hydroxyl groups is 1. The number of esters is 2. The second-order valence-corrected chi connectivity index (χ2v) is 16.8. The van der Waals surface area contributed by atoms with Gasteiger partial charge in [0.2, 0.25) is 0 Å². The molecule has 0 aliphatic carbocycles. The molecule has 0 saturated heterocycles. The first-order valence-electron chi connectivity index (χ1n) is 27.0. The Hall–Kier alpha value is -5.26. The largest absolute Gasteiger partial charge is 0.462 e. The average Bonchev–Trinajstić information content (AvgIpc) is 3.36. The van der Waals surface area contributed by atoms with E-state index in [4.69, 9.17) is 9.47 Å². The number of aliphatic hydroxyl groups excluding tert-OH is 1. The zero-order chi connectivity index (χ0) is 50.6. The van der Waals surface area contributed by atoms with Crippen molar-refractivity contribution in [2.75, 3.05) is 13.2 Å². The molecule has 0 amide bonds. The minimum absolute atomic E-state index is 0.115. The van der Waals surface area contributed by atoms with Crippen LogP contribution in [-0.4, -0.2) is 36.4 Å². The first kappa shape index (κ1) is 64.7. The lowest BCUT2D eigenvalue weighted by Gasteiger charge is -2.15. The number of ether oxygens (including phenoxy) is 2. The Morgan fingerprint density at radius 3 is 0.900 bits per heavy atom. The third-order valence-electron chi connectivity index (χ3n) is 10.4. The van der Waals surface area contributed by atoms with Gasteiger partial charge in [0.25, 0.3) is 0 Å². The Labute approximate surface area is 428 Å². The molecule has 0 aromatic heterocycles. The molecule has 5 nitrogen and oxygen atoms in total. The molecule has 386 valence electrons. The van der Waals surface area contributed by atoms with Gasteiger partial charge in [-0.25, -0.2) is 0 Å². The molecular weight excluding hydrogens is 861 g/mol. The Morgan fingerprint density at radius 1 is 0.329 bits per heavy atom. The van der Waals surface area contributed by atoms with Gasteiger partial charge in [0, 0.05) is 12.8 Å². The number of rotatable bonds is 46. The van der Waals surface area contributed by atoms with Crippen molar-refractivity contribution in [2.45, 2.75) is 187 Å². The van der Waals surface area contributed by atoms with Gasteiger partial charge in [-0.2, -0.15) is 0 Å². The van der Waals surface area contributed by atoms with Crippen molar-refractivity contribution >= 4 is 11.9 Å². The fourth-order valence-electron chi connectivity index (χ4n) is 6.42. The standard InChI is InChI=1S/C65H96O5/c1-3-5-7-9-11-13-15-17-19-21-23-25-27-29-31-32-34-36-38-40-42-44-46-48-50-52-54-56-58-60-65(68)70-63(61-66)62-69-64(67)59-57-55-53-51-49-47-45-43-41-39-37-35-33-30-28-26-24-22-20-18-16-14-12-10-8-6-4-2/h5-8,11-14,17-20,23-26,29-31,33-34,36-37,39-40,42-43,45-46,48,52,54,63,66H,3-4,9-10,15-16,21-22,27-28,32,35,38,41,44,47,49-51,53,55-62H2,1-2H3/b7-5-,8-6-,13-11-,14-12-,19-17-,20-18-,25-23-,26-24-,31-29-,33-30-,36-34-,39-37-,42-40-,45-43-,48-46-,54-52-. The molecule has 0 bridgehead atoms. The van der Waals surface area contributed by atoms with Gasteiger partial charge < -0.3 is 14.6 Å². The van der Waals surface area contributed by atoms with Crippen LogP contribution in [0.25, 0.3) is 0 Å². The van der Waals surface area contributed by atoms with Crippen molar-refractivity contribution in [1.29, 1.82) is 0 Å². The summed E-state index contributed by atoms with van der Waals surface area (Å²) in [6.45, 7) is 3.82. The van der Waals surface area contributed by atoms with Crippen LogP contribution >= 0.6 is 0 Å². The van der Waals surface area contributed by atoms with Gasteiger partial charge in [-0.05, 0) is 135 Å². The first-order chi connectivity index (χ1) is 34.6. The van der Waals surface area contributed by atoms with E-state index in [2.05, 4.69) is 208 Å². The number of hydrogen-bond acceptors (Lipinski definition) is 5. The van der Waals surface area contributed by atoms with Crippen molar-refractivity contribution in [2.24, 2.45) is 0 Å². The predicted molar refractivity (Wildman–Crippen MR) is 306 cm³/mol. The quantitative estimate of drug-likeness (QED) is 0.0374. The minimum Gasteiger partial charge on any atom is -0.462 e. The molecule has 0 saturated carbocycles. The Kier molecular flexibility index (Phi) is 53.7. The maximum atomic E-state index is 12.3. The molecule has 0 heterocycles. The summed E-state index contributed by atoms with van der Waals surface area (Å²) >= 11 is 0. The SMILES string of the molecule is CC/C=C\C/C=C\C/C=C\C/C=C\C/C=C\C/C=C\C/C=C\C/C=C\C/C=C\CCCC(=O)OC(CO)COC(=O)CCCCCCC/C=C\C/C=C\C/C=C\C/C=C\C/C=C\C/C=C\C/C=C\CC. The number of carbonyl (C=O) groups is 2. The molecule has 0 aliphatic rings. The van der Waals surface area contributed by atoms with Gasteiger partial charge in [-0.1, -0.05) is 228 Å². The van der Waals surface area contributed by atoms with E-state index in [1.54, 1.807) is 0 Å². The Balaban J connectivity index is 3.76. The second-order valence-electron chi connectivity index (χ2n) is 16.8. The third-order valence-corrected chi connectivity index (χ3v) is 10.4. The molecule has 5 heteroatoms. The monoisotopic (exact) mass is 957 g/mol. The van der Waals surface area contributed by atoms with Crippen molar-refractivity contribution in [3.63, 3.8) is 0 Å². The minimum atomic E-state index is -0.829. The van der Waals surface area contributed by atoms with Crippen LogP contribution in [0.2, 0.25) is 0 Å². The van der Waals surface area contributed by atoms with Crippen molar-refractivity contribution < 1.29 is 24.2 Å². The van der Waals surface area contributed by atoms with Crippen LogP contribution in [0.4, 0.5) is 0 Å². The van der Waals surface area contributed by atoms with Gasteiger partial charge >= 0.3 is 11.9 Å². The van der Waals surface area contributed by atoms with Crippen LogP contribution in [-0.2, 0) is 19.1 Å². The van der Waals surface area contributed by atoms with Crippen LogP contribution in [0.1, 0.15) is 181 Å². The number of unbranched alkanes of at least 4 members (excludes halogenated alkanes) is 6. The predicted octanol–water partition coefficient (Wildman–Crippen LogP) is 18.5. The third kappa shape index (κ3) is 55.3. The van der Waals surface area contributed by atoms with Gasteiger partial charge in [-0.15, -0.1) is 0 Å². The summed E-state index contributed by atoms with van der Waals surface area (Å²) in [7, 11) is 0. The molecule has 0 aliphatic heterocycles. The van der Waals surface area contributed by atoms with Gasteiger partial charge in [0.15, 0.2) is 6.10 Å². The van der Waals surface area contributed by atoms with E-state index >= 15 is 0 Å². The van der Waals surface area contributed by atoms with E-state index in [9.17, 15) is 14.7 Å². The lowest BCUT2D eigenvalue weighted by atomic mass is 10.1. The second kappa shape index (κ2) is 58.1. The van der Waals surface area contributed by atoms with E-state index in [-0.39, 0.29) is 31.6 Å². The maximum Gasteiger partial charge on any atom is 0.306 e. The Morgan fingerprint density at radius 2 is 0.586 bits per heavy atom. The van der Waals surface area contributed by atoms with Crippen LogP contribution < -0.4 is 0 Å². The summed E-state index contributed by atoms with van der Waals surface area (Å²) in [5.74, 6) is -0.703. The van der Waals surface area contributed by atoms with Crippen LogP contribution in [0, 0.1) is 0 Å². The maximum absolute atomic E-state index is 12.3. The van der Waals surface area contributed by atoms with Gasteiger partial charge in [-0.3, -0.25) is 9.59 Å². The summed E-state index contributed by atoms with van der Waals surface area (Å²) in [5.41, 5.74) is 0. The van der Waals surface area contributed by atoms with Crippen molar-refractivity contribution in [1.82, 2.24) is 0 Å². The summed E-state index contributed by atoms with van der Waals surface area (Å²) in [6.07, 6.45) is 93.8. The highest BCUT2D eigenvalue weighted by molar-refractivity contribution is 5.70. The molecule has 0 aromatic carbocycles. The van der Waals surface area contributed by atoms with Crippen molar-refractivity contribution in [3.8, 4) is 0 Å². The summed E-state index contributed by atoms with van der Waals surface area (Å²) in [5, 5.41) is 9.64. The highest BCUT2D eigenvalue weighted by Crippen LogP contribution is 2.10. The zero-order valence-electron chi connectivity index (χ0n) is 43.9. The Bertz CT molecular complexity index is 1700. The molecule has 0 aromatic rings. The zero-order valence-corrected chi connectivity index (χ0v) is 43.9. The van der Waals surface area contributed by atoms with Gasteiger partial charge in [0.05, 0.1) is 6.61 Å². The van der Waals surface area contributed by atoms with Gasteiger partial charge in [0.1, 0.15) is 6.61 Å². The van der Waals surface area contributed by atoms with E-state index in [0.29, 0.717) is 12.8 Å². The summed E-state index contributed by atoms with van der Waals surface area (Å²) in [6, 6.07) is 0. The highest BCUT2D eigenvalue weighted by Gasteiger charge is 2.16. The molecule has 70 heavy (non-hydrogen) atoms. The fourth-order valence-corrected chi connectivity index (χ4v) is 6.42. The van der Waals surface area contributed by atoms with E-state index in [0.717, 1.165) is 148 Å². The topological polar surface area (TPSA) is 72.8 Å². The molecule has 1 atom stereocenters.